The van der Waals surface area contributed by atoms with E-state index in [-0.39, 0.29) is 12.4 Å². The minimum atomic E-state index is -5.23. The molecule has 0 unspecified atom stereocenters. The van der Waals surface area contributed by atoms with Crippen LogP contribution in [0.1, 0.15) is 20.4 Å². The molecular weight excluding hydrogens is 300 g/mol. The molecule has 0 radical (unpaired) electrons. The van der Waals surface area contributed by atoms with Gasteiger partial charge in [0.2, 0.25) is 0 Å². The molecule has 3 nitrogen and oxygen atoms in total. The number of carbonyl (C=O) groups is 1. The van der Waals surface area contributed by atoms with E-state index in [1.165, 1.54) is 0 Å². The summed E-state index contributed by atoms with van der Waals surface area (Å²) in [5.41, 5.74) is -2.03. The number of carboxylic acid groups (broad SMARTS) is 1. The molecule has 0 amide bonds. The minimum Gasteiger partial charge on any atom is -0.477 e. The third-order valence-electron chi connectivity index (χ3n) is 1.33. The van der Waals surface area contributed by atoms with Crippen LogP contribution >= 0.6 is 23.7 Å². The Kier molecular flexibility index (Phi) is 4.40. The van der Waals surface area contributed by atoms with Crippen LogP contribution < -0.4 is 0 Å². The molecule has 0 atom stereocenters. The molecule has 0 aliphatic heterocycles. The van der Waals surface area contributed by atoms with Crippen molar-refractivity contribution in [3.63, 3.8) is 0 Å². The Morgan fingerprint density at radius 1 is 1.12 bits per heavy atom. The van der Waals surface area contributed by atoms with E-state index in [0.29, 0.717) is 0 Å². The predicted octanol–water partition coefficient (Wildman–Crippen LogP) is 3.30. The van der Waals surface area contributed by atoms with Crippen molar-refractivity contribution >= 4 is 29.7 Å². The Morgan fingerprint density at radius 3 is 1.82 bits per heavy atom. The van der Waals surface area contributed by atoms with Gasteiger partial charge < -0.3 is 5.11 Å². The zero-order valence-corrected chi connectivity index (χ0v) is 9.02. The largest absolute Gasteiger partial charge is 0.477 e. The van der Waals surface area contributed by atoms with Crippen LogP contribution in [0, 0.1) is 0 Å². The maximum Gasteiger partial charge on any atom is 0.443 e. The molecule has 0 aliphatic carbocycles. The second kappa shape index (κ2) is 4.69. The minimum absolute atomic E-state index is 0. The summed E-state index contributed by atoms with van der Waals surface area (Å²) in [7, 11) is 0. The molecule has 0 aliphatic rings. The smallest absolute Gasteiger partial charge is 0.443 e. The third-order valence-corrected chi connectivity index (χ3v) is 2.42. The summed E-state index contributed by atoms with van der Waals surface area (Å²) in [6.45, 7) is 0. The topological polar surface area (TPSA) is 50.2 Å². The van der Waals surface area contributed by atoms with Crippen LogP contribution in [0.4, 0.5) is 26.3 Å². The number of carboxylic acids is 1. The number of aromatic carboxylic acids is 1. The van der Waals surface area contributed by atoms with Gasteiger partial charge >= 0.3 is 18.3 Å². The number of rotatable bonds is 1. The van der Waals surface area contributed by atoms with Crippen molar-refractivity contribution < 1.29 is 36.2 Å². The molecule has 0 saturated carbocycles. The summed E-state index contributed by atoms with van der Waals surface area (Å²) < 4.78 is 72.4. The third kappa shape index (κ3) is 3.46. The maximum atomic E-state index is 12.1. The first-order valence-corrected chi connectivity index (χ1v) is 4.23. The number of aromatic nitrogens is 1. The fraction of sp³-hybridized carbons (Fsp3) is 0.333. The van der Waals surface area contributed by atoms with E-state index in [1.807, 2.05) is 0 Å². The number of alkyl halides is 6. The molecule has 17 heavy (non-hydrogen) atoms. The van der Waals surface area contributed by atoms with E-state index >= 15 is 0 Å². The highest BCUT2D eigenvalue weighted by Crippen LogP contribution is 2.39. The lowest BCUT2D eigenvalue weighted by Crippen LogP contribution is -2.12. The number of nitrogens with zero attached hydrogens (tertiary/aromatic N) is 1. The first-order chi connectivity index (χ1) is 7.03. The van der Waals surface area contributed by atoms with Gasteiger partial charge in [0.15, 0.2) is 10.7 Å². The standard InChI is InChI=1S/C6HF6NO2S.ClH/c7-5(8,9)2-1(3(14)15)16-4(13-2)6(10,11)12;/h(H,14,15);1H. The fourth-order valence-corrected chi connectivity index (χ4v) is 1.57. The summed E-state index contributed by atoms with van der Waals surface area (Å²) in [6.07, 6.45) is -10.3. The van der Waals surface area contributed by atoms with Crippen molar-refractivity contribution in [2.45, 2.75) is 12.4 Å². The van der Waals surface area contributed by atoms with E-state index in [4.69, 9.17) is 5.11 Å². The van der Waals surface area contributed by atoms with E-state index in [1.54, 1.807) is 0 Å². The Labute approximate surface area is 99.5 Å². The average molecular weight is 302 g/mol. The first-order valence-electron chi connectivity index (χ1n) is 3.42. The zero-order chi connectivity index (χ0) is 12.7. The normalized spacial score (nSPS) is 12.1. The fourth-order valence-electron chi connectivity index (χ4n) is 0.778. The monoisotopic (exact) mass is 301 g/mol. The van der Waals surface area contributed by atoms with Gasteiger partial charge in [0.1, 0.15) is 4.88 Å². The Bertz CT molecular complexity index is 425. The van der Waals surface area contributed by atoms with Gasteiger partial charge in [-0.05, 0) is 0 Å². The van der Waals surface area contributed by atoms with E-state index in [2.05, 4.69) is 4.98 Å². The Balaban J connectivity index is 0.00000256. The van der Waals surface area contributed by atoms with Crippen LogP contribution in [0.2, 0.25) is 0 Å². The van der Waals surface area contributed by atoms with Crippen molar-refractivity contribution in [3.8, 4) is 0 Å². The predicted molar refractivity (Wildman–Crippen MR) is 46.3 cm³/mol. The summed E-state index contributed by atoms with van der Waals surface area (Å²) in [4.78, 5) is 11.1. The van der Waals surface area contributed by atoms with Crippen LogP contribution in [-0.4, -0.2) is 16.1 Å². The van der Waals surface area contributed by atoms with Crippen LogP contribution in [0.5, 0.6) is 0 Å². The molecule has 1 heterocycles. The van der Waals surface area contributed by atoms with Gasteiger partial charge in [-0.25, -0.2) is 9.78 Å². The van der Waals surface area contributed by atoms with Crippen molar-refractivity contribution in [1.82, 2.24) is 4.98 Å². The summed E-state index contributed by atoms with van der Waals surface area (Å²) >= 11 is -0.554. The molecule has 11 heteroatoms. The van der Waals surface area contributed by atoms with Gasteiger partial charge in [0, 0.05) is 0 Å². The van der Waals surface area contributed by atoms with Crippen molar-refractivity contribution in [2.24, 2.45) is 0 Å². The van der Waals surface area contributed by atoms with Crippen LogP contribution in [0.3, 0.4) is 0 Å². The lowest BCUT2D eigenvalue weighted by atomic mass is 10.3. The van der Waals surface area contributed by atoms with Gasteiger partial charge in [0.25, 0.3) is 0 Å². The van der Waals surface area contributed by atoms with Gasteiger partial charge in [0.05, 0.1) is 0 Å². The van der Waals surface area contributed by atoms with E-state index in [9.17, 15) is 31.1 Å². The van der Waals surface area contributed by atoms with Crippen LogP contribution in [0.15, 0.2) is 0 Å². The zero-order valence-electron chi connectivity index (χ0n) is 7.39. The van der Waals surface area contributed by atoms with E-state index in [0.717, 1.165) is 0 Å². The van der Waals surface area contributed by atoms with Crippen LogP contribution in [0.25, 0.3) is 0 Å². The van der Waals surface area contributed by atoms with Crippen molar-refractivity contribution in [1.29, 1.82) is 0 Å². The second-order valence-electron chi connectivity index (χ2n) is 2.50. The van der Waals surface area contributed by atoms with Crippen molar-refractivity contribution in [3.05, 3.63) is 15.6 Å². The molecule has 1 aromatic heterocycles. The molecule has 1 aromatic rings. The second-order valence-corrected chi connectivity index (χ2v) is 3.50. The molecule has 0 fully saturated rings. The quantitative estimate of drug-likeness (QED) is 0.810. The first kappa shape index (κ1) is 16.0. The number of hydrogen-bond acceptors (Lipinski definition) is 3. The maximum absolute atomic E-state index is 12.1. The Morgan fingerprint density at radius 2 is 1.59 bits per heavy atom. The van der Waals surface area contributed by atoms with Crippen LogP contribution in [-0.2, 0) is 12.4 Å². The van der Waals surface area contributed by atoms with Gasteiger partial charge in [-0.15, -0.1) is 23.7 Å². The lowest BCUT2D eigenvalue weighted by molar-refractivity contribution is -0.147. The molecular formula is C6H2ClF6NO2S. The molecule has 0 spiro atoms. The van der Waals surface area contributed by atoms with E-state index < -0.39 is 45.2 Å². The summed E-state index contributed by atoms with van der Waals surface area (Å²) in [5.74, 6) is -2.10. The van der Waals surface area contributed by atoms with Gasteiger partial charge in [-0.1, -0.05) is 0 Å². The molecule has 0 bridgehead atoms. The number of thiazole rings is 1. The molecule has 0 saturated heterocycles. The number of hydrogen-bond donors (Lipinski definition) is 1. The van der Waals surface area contributed by atoms with Crippen molar-refractivity contribution in [2.75, 3.05) is 0 Å². The highest BCUT2D eigenvalue weighted by atomic mass is 35.5. The Hall–Kier alpha value is -1.03. The highest BCUT2D eigenvalue weighted by molar-refractivity contribution is 7.13. The molecule has 1 rings (SSSR count). The van der Waals surface area contributed by atoms with Gasteiger partial charge in [-0.3, -0.25) is 0 Å². The summed E-state index contributed by atoms with van der Waals surface area (Å²) in [5, 5.41) is 6.48. The van der Waals surface area contributed by atoms with Gasteiger partial charge in [-0.2, -0.15) is 26.3 Å². The summed E-state index contributed by atoms with van der Waals surface area (Å²) in [6, 6.07) is 0. The lowest BCUT2D eigenvalue weighted by Gasteiger charge is -2.02. The average Bonchev–Trinajstić information content (AvgIpc) is 2.44. The highest BCUT2D eigenvalue weighted by Gasteiger charge is 2.44. The SMILES string of the molecule is Cl.O=C(O)c1sc(C(F)(F)F)nc1C(F)(F)F. The molecule has 1 N–H and O–H groups in total. The molecule has 98 valence electrons. The number of halogens is 7. The molecule has 0 aromatic carbocycles.